The fraction of sp³-hybridized carbons (Fsp3) is 0.333. The molecule has 1 unspecified atom stereocenters. The highest BCUT2D eigenvalue weighted by molar-refractivity contribution is 6.02. The number of rotatable bonds is 3. The molecular formula is C18H16F4N6O. The molecule has 29 heavy (non-hydrogen) atoms. The van der Waals surface area contributed by atoms with Crippen molar-refractivity contribution in [3.8, 4) is 0 Å². The number of aromatic nitrogens is 4. The van der Waals surface area contributed by atoms with Crippen LogP contribution in [0.5, 0.6) is 0 Å². The minimum absolute atomic E-state index is 0.0809. The number of piperidine rings is 1. The molecule has 0 spiro atoms. The fourth-order valence-electron chi connectivity index (χ4n) is 3.27. The molecule has 0 radical (unpaired) electrons. The monoisotopic (exact) mass is 408 g/mol. The largest absolute Gasteiger partial charge is 0.393 e. The van der Waals surface area contributed by atoms with Crippen molar-refractivity contribution in [3.05, 3.63) is 48.2 Å². The van der Waals surface area contributed by atoms with Gasteiger partial charge in [0.05, 0.1) is 18.3 Å². The van der Waals surface area contributed by atoms with Crippen LogP contribution < -0.4 is 10.2 Å². The third-order valence-electron chi connectivity index (χ3n) is 4.76. The molecule has 4 heterocycles. The zero-order valence-corrected chi connectivity index (χ0v) is 15.0. The maximum absolute atomic E-state index is 13.1. The molecule has 1 saturated heterocycles. The molecule has 1 atom stereocenters. The van der Waals surface area contributed by atoms with Crippen LogP contribution in [0.1, 0.15) is 23.3 Å². The number of fused-ring (bicyclic) bond motifs is 1. The number of alkyl halides is 3. The smallest absolute Gasteiger partial charge is 0.355 e. The van der Waals surface area contributed by atoms with E-state index in [1.54, 1.807) is 17.0 Å². The van der Waals surface area contributed by atoms with E-state index in [9.17, 15) is 22.4 Å². The summed E-state index contributed by atoms with van der Waals surface area (Å²) in [5, 5.41) is 6.83. The third-order valence-corrected chi connectivity index (χ3v) is 4.76. The van der Waals surface area contributed by atoms with E-state index in [2.05, 4.69) is 20.4 Å². The summed E-state index contributed by atoms with van der Waals surface area (Å²) >= 11 is 0. The summed E-state index contributed by atoms with van der Waals surface area (Å²) in [6, 6.07) is 5.64. The van der Waals surface area contributed by atoms with Crippen LogP contribution in [0.25, 0.3) is 5.65 Å². The summed E-state index contributed by atoms with van der Waals surface area (Å²) < 4.78 is 53.5. The third kappa shape index (κ3) is 3.98. The molecule has 0 aromatic carbocycles. The Morgan fingerprint density at radius 1 is 1.14 bits per heavy atom. The zero-order chi connectivity index (χ0) is 20.6. The summed E-state index contributed by atoms with van der Waals surface area (Å²) in [5.74, 6) is -2.05. The first-order valence-corrected chi connectivity index (χ1v) is 8.90. The van der Waals surface area contributed by atoms with Gasteiger partial charge in [0, 0.05) is 13.1 Å². The van der Waals surface area contributed by atoms with E-state index in [0.717, 1.165) is 12.3 Å². The Hall–Kier alpha value is -3.24. The summed E-state index contributed by atoms with van der Waals surface area (Å²) in [4.78, 5) is 22.0. The summed E-state index contributed by atoms with van der Waals surface area (Å²) in [6.07, 6.45) is -1.50. The average molecular weight is 408 g/mol. The molecule has 1 N–H and O–H groups in total. The van der Waals surface area contributed by atoms with E-state index >= 15 is 0 Å². The molecular weight excluding hydrogens is 392 g/mol. The number of hydrogen-bond donors (Lipinski definition) is 1. The summed E-state index contributed by atoms with van der Waals surface area (Å²) in [5.41, 5.74) is 0.452. The minimum Gasteiger partial charge on any atom is -0.355 e. The number of imidazole rings is 1. The lowest BCUT2D eigenvalue weighted by Gasteiger charge is -2.34. The van der Waals surface area contributed by atoms with Crippen LogP contribution in [-0.2, 0) is 0 Å². The summed E-state index contributed by atoms with van der Waals surface area (Å²) in [7, 11) is 0. The second-order valence-corrected chi connectivity index (χ2v) is 6.75. The molecule has 1 aliphatic rings. The number of halogens is 4. The predicted octanol–water partition coefficient (Wildman–Crippen LogP) is 3.29. The van der Waals surface area contributed by atoms with Gasteiger partial charge in [-0.05, 0) is 37.1 Å². The van der Waals surface area contributed by atoms with Gasteiger partial charge in [-0.25, -0.2) is 18.9 Å². The maximum Gasteiger partial charge on any atom is 0.393 e. The van der Waals surface area contributed by atoms with Crippen LogP contribution in [0.4, 0.5) is 29.2 Å². The van der Waals surface area contributed by atoms with Gasteiger partial charge in [0.25, 0.3) is 5.91 Å². The van der Waals surface area contributed by atoms with Crippen molar-refractivity contribution >= 4 is 23.2 Å². The predicted molar refractivity (Wildman–Crippen MR) is 96.1 cm³/mol. The van der Waals surface area contributed by atoms with E-state index in [-0.39, 0.29) is 24.5 Å². The van der Waals surface area contributed by atoms with E-state index in [1.807, 2.05) is 0 Å². The van der Waals surface area contributed by atoms with Gasteiger partial charge in [0.2, 0.25) is 0 Å². The van der Waals surface area contributed by atoms with E-state index < -0.39 is 23.8 Å². The number of anilines is 2. The van der Waals surface area contributed by atoms with Gasteiger partial charge in [0.1, 0.15) is 17.5 Å². The molecule has 1 amide bonds. The second-order valence-electron chi connectivity index (χ2n) is 6.75. The summed E-state index contributed by atoms with van der Waals surface area (Å²) in [6.45, 7) is 0.262. The van der Waals surface area contributed by atoms with Gasteiger partial charge < -0.3 is 10.2 Å². The Bertz CT molecular complexity index is 1030. The van der Waals surface area contributed by atoms with Crippen LogP contribution in [0, 0.1) is 11.7 Å². The Balaban J connectivity index is 1.59. The lowest BCUT2D eigenvalue weighted by molar-refractivity contribution is -0.176. The zero-order valence-electron chi connectivity index (χ0n) is 15.0. The second kappa shape index (κ2) is 7.30. The van der Waals surface area contributed by atoms with E-state index in [1.165, 1.54) is 16.8 Å². The fourth-order valence-corrected chi connectivity index (χ4v) is 3.27. The topological polar surface area (TPSA) is 75.4 Å². The Morgan fingerprint density at radius 2 is 1.97 bits per heavy atom. The number of carbonyl (C=O) groups is 1. The number of nitrogens with zero attached hydrogens (tertiary/aromatic N) is 5. The number of pyridine rings is 1. The first-order chi connectivity index (χ1) is 13.8. The highest BCUT2D eigenvalue weighted by Crippen LogP contribution is 2.34. The molecule has 152 valence electrons. The molecule has 4 rings (SSSR count). The van der Waals surface area contributed by atoms with E-state index in [0.29, 0.717) is 24.4 Å². The standard InChI is InChI=1S/C18H16F4N6O/c19-12-3-4-14(23-8-12)25-17(29)13-9-24-15-5-6-16(26-28(13)15)27-7-1-2-11(10-27)18(20,21)22/h3-6,8-9,11H,1-2,7,10H2,(H,23,25,29). The highest BCUT2D eigenvalue weighted by Gasteiger charge is 2.42. The molecule has 1 aliphatic heterocycles. The Morgan fingerprint density at radius 3 is 2.69 bits per heavy atom. The minimum atomic E-state index is -4.26. The van der Waals surface area contributed by atoms with Crippen molar-refractivity contribution in [1.82, 2.24) is 19.6 Å². The quantitative estimate of drug-likeness (QED) is 0.673. The number of nitrogens with one attached hydrogen (secondary N) is 1. The van der Waals surface area contributed by atoms with Crippen LogP contribution in [0.3, 0.4) is 0 Å². The molecule has 3 aromatic heterocycles. The van der Waals surface area contributed by atoms with Gasteiger partial charge in [0.15, 0.2) is 11.3 Å². The molecule has 0 saturated carbocycles. The first-order valence-electron chi connectivity index (χ1n) is 8.90. The van der Waals surface area contributed by atoms with E-state index in [4.69, 9.17) is 0 Å². The van der Waals surface area contributed by atoms with Gasteiger partial charge in [-0.1, -0.05) is 0 Å². The SMILES string of the molecule is O=C(Nc1ccc(F)cn1)c1cnc2ccc(N3CCCC(C(F)(F)F)C3)nn12. The Labute approximate surface area is 162 Å². The van der Waals surface area contributed by atoms with Crippen molar-refractivity contribution in [1.29, 1.82) is 0 Å². The lowest BCUT2D eigenvalue weighted by Crippen LogP contribution is -2.42. The van der Waals surface area contributed by atoms with Crippen LogP contribution in [0.2, 0.25) is 0 Å². The lowest BCUT2D eigenvalue weighted by atomic mass is 9.97. The van der Waals surface area contributed by atoms with Crippen molar-refractivity contribution < 1.29 is 22.4 Å². The Kier molecular flexibility index (Phi) is 4.81. The van der Waals surface area contributed by atoms with Crippen LogP contribution in [0.15, 0.2) is 36.7 Å². The number of hydrogen-bond acceptors (Lipinski definition) is 5. The van der Waals surface area contributed by atoms with Crippen LogP contribution in [-0.4, -0.2) is 44.8 Å². The molecule has 1 fully saturated rings. The average Bonchev–Trinajstić information content (AvgIpc) is 3.12. The highest BCUT2D eigenvalue weighted by atomic mass is 19.4. The van der Waals surface area contributed by atoms with Gasteiger partial charge in [-0.3, -0.25) is 4.79 Å². The van der Waals surface area contributed by atoms with Crippen molar-refractivity contribution in [2.45, 2.75) is 19.0 Å². The maximum atomic E-state index is 13.1. The van der Waals surface area contributed by atoms with Crippen molar-refractivity contribution in [2.24, 2.45) is 5.92 Å². The van der Waals surface area contributed by atoms with Crippen molar-refractivity contribution in [3.63, 3.8) is 0 Å². The number of amides is 1. The van der Waals surface area contributed by atoms with Gasteiger partial charge in [-0.2, -0.15) is 13.2 Å². The molecule has 7 nitrogen and oxygen atoms in total. The van der Waals surface area contributed by atoms with Crippen molar-refractivity contribution in [2.75, 3.05) is 23.3 Å². The van der Waals surface area contributed by atoms with Gasteiger partial charge in [-0.15, -0.1) is 5.10 Å². The number of carbonyl (C=O) groups excluding carboxylic acids is 1. The van der Waals surface area contributed by atoms with Crippen LogP contribution >= 0.6 is 0 Å². The first kappa shape index (κ1) is 19.1. The normalized spacial score (nSPS) is 17.5. The molecule has 11 heteroatoms. The molecule has 0 aliphatic carbocycles. The molecule has 3 aromatic rings. The molecule has 0 bridgehead atoms. The van der Waals surface area contributed by atoms with Gasteiger partial charge >= 0.3 is 6.18 Å².